The van der Waals surface area contributed by atoms with Gasteiger partial charge in [0.1, 0.15) is 11.4 Å². The third-order valence-electron chi connectivity index (χ3n) is 1.20. The van der Waals surface area contributed by atoms with Gasteiger partial charge >= 0.3 is 0 Å². The highest BCUT2D eigenvalue weighted by Crippen LogP contribution is 2.23. The second kappa shape index (κ2) is 3.46. The average Bonchev–Trinajstić information content (AvgIpc) is 1.99. The molecule has 1 rings (SSSR count). The number of alkyl halides is 2. The molecule has 66 valence electrons. The van der Waals surface area contributed by atoms with Gasteiger partial charge in [0.25, 0.3) is 6.43 Å². The lowest BCUT2D eigenvalue weighted by Gasteiger charge is -2.02. The Balaban J connectivity index is 3.21. The molecule has 0 amide bonds. The molecule has 2 nitrogen and oxygen atoms in total. The van der Waals surface area contributed by atoms with E-state index >= 15 is 0 Å². The van der Waals surface area contributed by atoms with Crippen LogP contribution in [0.1, 0.15) is 12.1 Å². The summed E-state index contributed by atoms with van der Waals surface area (Å²) in [5.74, 6) is -1.04. The number of anilines is 1. The van der Waals surface area contributed by atoms with E-state index in [9.17, 15) is 13.2 Å². The molecule has 0 bridgehead atoms. The molecule has 0 saturated carbocycles. The second-order valence-electron chi connectivity index (χ2n) is 2.03. The van der Waals surface area contributed by atoms with Gasteiger partial charge in [-0.15, -0.1) is 0 Å². The number of rotatable bonds is 1. The maximum atomic E-state index is 12.6. The monoisotopic (exact) mass is 288 g/mol. The maximum absolute atomic E-state index is 12.6. The summed E-state index contributed by atoms with van der Waals surface area (Å²) >= 11 is 1.67. The third-order valence-corrected chi connectivity index (χ3v) is 2.10. The van der Waals surface area contributed by atoms with E-state index in [1.54, 1.807) is 22.6 Å². The van der Waals surface area contributed by atoms with Crippen molar-refractivity contribution in [3.63, 3.8) is 0 Å². The number of nitrogens with two attached hydrogens (primary N) is 1. The molecule has 1 aromatic rings. The predicted molar refractivity (Wildman–Crippen MR) is 46.3 cm³/mol. The molecule has 0 spiro atoms. The summed E-state index contributed by atoms with van der Waals surface area (Å²) in [5.41, 5.74) is 4.37. The Morgan fingerprint density at radius 3 is 2.50 bits per heavy atom. The molecule has 0 fully saturated rings. The van der Waals surface area contributed by atoms with Crippen LogP contribution >= 0.6 is 22.6 Å². The smallest absolute Gasteiger partial charge is 0.280 e. The summed E-state index contributed by atoms with van der Waals surface area (Å²) in [7, 11) is 0. The SMILES string of the molecule is Nc1c(I)cc(C(F)F)nc1F. The van der Waals surface area contributed by atoms with E-state index in [-0.39, 0.29) is 9.26 Å². The van der Waals surface area contributed by atoms with Crippen molar-refractivity contribution >= 4 is 28.3 Å². The number of pyridine rings is 1. The van der Waals surface area contributed by atoms with Gasteiger partial charge in [-0.3, -0.25) is 0 Å². The van der Waals surface area contributed by atoms with Gasteiger partial charge in [0, 0.05) is 3.57 Å². The molecular formula is C6H4F3IN2. The van der Waals surface area contributed by atoms with E-state index in [4.69, 9.17) is 5.73 Å². The Morgan fingerprint density at radius 1 is 1.50 bits per heavy atom. The van der Waals surface area contributed by atoms with Gasteiger partial charge in [0.05, 0.1) is 0 Å². The number of halogens is 4. The topological polar surface area (TPSA) is 38.9 Å². The van der Waals surface area contributed by atoms with E-state index in [0.29, 0.717) is 0 Å². The van der Waals surface area contributed by atoms with Gasteiger partial charge in [0.2, 0.25) is 5.95 Å². The highest BCUT2D eigenvalue weighted by atomic mass is 127. The second-order valence-corrected chi connectivity index (χ2v) is 3.20. The standard InChI is InChI=1S/C6H4F3IN2/c7-5(8)3-1-2(10)4(11)6(9)12-3/h1,5H,11H2. The van der Waals surface area contributed by atoms with Crippen LogP contribution in [-0.2, 0) is 0 Å². The minimum absolute atomic E-state index is 0.194. The van der Waals surface area contributed by atoms with Crippen LogP contribution in [-0.4, -0.2) is 4.98 Å². The van der Waals surface area contributed by atoms with Crippen LogP contribution < -0.4 is 5.73 Å². The van der Waals surface area contributed by atoms with Gasteiger partial charge in [0.15, 0.2) is 0 Å². The first-order valence-electron chi connectivity index (χ1n) is 2.92. The molecule has 2 N–H and O–H groups in total. The lowest BCUT2D eigenvalue weighted by atomic mass is 10.3. The van der Waals surface area contributed by atoms with E-state index in [0.717, 1.165) is 6.07 Å². The molecule has 0 radical (unpaired) electrons. The van der Waals surface area contributed by atoms with Crippen molar-refractivity contribution in [3.05, 3.63) is 21.3 Å². The highest BCUT2D eigenvalue weighted by molar-refractivity contribution is 14.1. The summed E-state index contributed by atoms with van der Waals surface area (Å²) in [4.78, 5) is 2.99. The van der Waals surface area contributed by atoms with Crippen LogP contribution in [0.25, 0.3) is 0 Å². The van der Waals surface area contributed by atoms with Crippen molar-refractivity contribution in [1.82, 2.24) is 4.98 Å². The Bertz CT molecular complexity index is 280. The zero-order valence-corrected chi connectivity index (χ0v) is 7.85. The largest absolute Gasteiger partial charge is 0.394 e. The van der Waals surface area contributed by atoms with Gasteiger partial charge in [-0.05, 0) is 28.7 Å². The van der Waals surface area contributed by atoms with Crippen molar-refractivity contribution in [1.29, 1.82) is 0 Å². The number of aromatic nitrogens is 1. The molecule has 0 unspecified atom stereocenters. The van der Waals surface area contributed by atoms with Crippen molar-refractivity contribution in [2.24, 2.45) is 0 Å². The lowest BCUT2D eigenvalue weighted by molar-refractivity contribution is 0.145. The third kappa shape index (κ3) is 1.79. The summed E-state index contributed by atoms with van der Waals surface area (Å²) in [5, 5.41) is 0. The highest BCUT2D eigenvalue weighted by Gasteiger charge is 2.14. The molecular weight excluding hydrogens is 284 g/mol. The fraction of sp³-hybridized carbons (Fsp3) is 0.167. The summed E-state index contributed by atoms with van der Waals surface area (Å²) in [6, 6.07) is 1.06. The first-order chi connectivity index (χ1) is 5.52. The molecule has 6 heteroatoms. The van der Waals surface area contributed by atoms with E-state index in [1.807, 2.05) is 0 Å². The van der Waals surface area contributed by atoms with Crippen molar-refractivity contribution in [2.45, 2.75) is 6.43 Å². The van der Waals surface area contributed by atoms with Gasteiger partial charge in [-0.2, -0.15) is 4.39 Å². The quantitative estimate of drug-likeness (QED) is 0.636. The maximum Gasteiger partial charge on any atom is 0.280 e. The molecule has 12 heavy (non-hydrogen) atoms. The fourth-order valence-corrected chi connectivity index (χ4v) is 1.17. The van der Waals surface area contributed by atoms with Crippen molar-refractivity contribution < 1.29 is 13.2 Å². The molecule has 0 atom stereocenters. The van der Waals surface area contributed by atoms with Gasteiger partial charge in [-0.25, -0.2) is 13.8 Å². The van der Waals surface area contributed by atoms with Crippen LogP contribution in [0.3, 0.4) is 0 Å². The van der Waals surface area contributed by atoms with Crippen LogP contribution in [0.2, 0.25) is 0 Å². The first-order valence-corrected chi connectivity index (χ1v) is 4.00. The minimum atomic E-state index is -2.77. The van der Waals surface area contributed by atoms with Crippen LogP contribution in [0.5, 0.6) is 0 Å². The molecule has 0 aromatic carbocycles. The Labute approximate surface area is 80.1 Å². The van der Waals surface area contributed by atoms with E-state index in [2.05, 4.69) is 4.98 Å². The van der Waals surface area contributed by atoms with Crippen molar-refractivity contribution in [3.8, 4) is 0 Å². The molecule has 0 saturated heterocycles. The Morgan fingerprint density at radius 2 is 2.08 bits per heavy atom. The number of nitrogen functional groups attached to an aromatic ring is 1. The predicted octanol–water partition coefficient (Wildman–Crippen LogP) is 2.35. The zero-order valence-electron chi connectivity index (χ0n) is 5.69. The summed E-state index contributed by atoms with van der Waals surface area (Å²) < 4.78 is 36.8. The Hall–Kier alpha value is -0.530. The molecule has 0 aliphatic heterocycles. The molecule has 0 aliphatic carbocycles. The number of hydrogen-bond acceptors (Lipinski definition) is 2. The number of hydrogen-bond donors (Lipinski definition) is 1. The minimum Gasteiger partial charge on any atom is -0.394 e. The number of nitrogens with zero attached hydrogens (tertiary/aromatic N) is 1. The molecule has 1 heterocycles. The van der Waals surface area contributed by atoms with Crippen LogP contribution in [0.4, 0.5) is 18.9 Å². The summed E-state index contributed by atoms with van der Waals surface area (Å²) in [6.07, 6.45) is -2.77. The fourth-order valence-electron chi connectivity index (χ4n) is 0.624. The van der Waals surface area contributed by atoms with Gasteiger partial charge in [-0.1, -0.05) is 0 Å². The van der Waals surface area contributed by atoms with E-state index < -0.39 is 18.1 Å². The van der Waals surface area contributed by atoms with Crippen LogP contribution in [0.15, 0.2) is 6.07 Å². The molecule has 0 aliphatic rings. The lowest BCUT2D eigenvalue weighted by Crippen LogP contribution is -2.01. The van der Waals surface area contributed by atoms with Crippen LogP contribution in [0, 0.1) is 9.52 Å². The zero-order chi connectivity index (χ0) is 9.30. The Kier molecular flexibility index (Phi) is 2.76. The summed E-state index contributed by atoms with van der Waals surface area (Å²) in [6.45, 7) is 0. The molecule has 1 aromatic heterocycles. The first kappa shape index (κ1) is 9.56. The van der Waals surface area contributed by atoms with E-state index in [1.165, 1.54) is 0 Å². The average molecular weight is 288 g/mol. The van der Waals surface area contributed by atoms with Crippen molar-refractivity contribution in [2.75, 3.05) is 5.73 Å². The normalized spacial score (nSPS) is 10.8. The van der Waals surface area contributed by atoms with Gasteiger partial charge < -0.3 is 5.73 Å².